The van der Waals surface area contributed by atoms with Crippen molar-refractivity contribution in [1.82, 2.24) is 5.32 Å². The number of carbonyl (C=O) groups is 2. The van der Waals surface area contributed by atoms with E-state index in [4.69, 9.17) is 31.5 Å². The highest BCUT2D eigenvalue weighted by molar-refractivity contribution is 6.32. The van der Waals surface area contributed by atoms with Crippen LogP contribution in [0.3, 0.4) is 0 Å². The van der Waals surface area contributed by atoms with Gasteiger partial charge in [0, 0.05) is 11.1 Å². The molecule has 0 radical (unpaired) electrons. The topological polar surface area (TPSA) is 99.9 Å². The van der Waals surface area contributed by atoms with Gasteiger partial charge in [-0.3, -0.25) is 9.59 Å². The van der Waals surface area contributed by atoms with Crippen molar-refractivity contribution in [1.29, 1.82) is 0 Å². The molecule has 0 spiro atoms. The number of para-hydroxylation sites is 1. The van der Waals surface area contributed by atoms with E-state index in [2.05, 4.69) is 5.32 Å². The van der Waals surface area contributed by atoms with Crippen molar-refractivity contribution in [2.24, 2.45) is 5.73 Å². The average molecular weight is 393 g/mol. The average Bonchev–Trinajstić information content (AvgIpc) is 2.65. The maximum absolute atomic E-state index is 12.6. The molecule has 0 aliphatic carbocycles. The number of benzene rings is 2. The van der Waals surface area contributed by atoms with Crippen molar-refractivity contribution in [3.05, 3.63) is 52.5 Å². The molecule has 0 saturated heterocycles. The predicted octanol–water partition coefficient (Wildman–Crippen LogP) is 2.71. The second-order valence-corrected chi connectivity index (χ2v) is 6.09. The van der Waals surface area contributed by atoms with Crippen LogP contribution in [0.2, 0.25) is 5.02 Å². The van der Waals surface area contributed by atoms with Gasteiger partial charge in [-0.15, -0.1) is 0 Å². The number of rotatable bonds is 8. The highest BCUT2D eigenvalue weighted by Gasteiger charge is 2.19. The van der Waals surface area contributed by atoms with Gasteiger partial charge in [0.25, 0.3) is 11.8 Å². The molecule has 0 aliphatic rings. The van der Waals surface area contributed by atoms with Crippen molar-refractivity contribution in [3.8, 4) is 17.2 Å². The number of hydrogen-bond donors (Lipinski definition) is 2. The number of ether oxygens (including phenoxy) is 3. The number of nitrogens with one attached hydrogen (secondary N) is 1. The summed E-state index contributed by atoms with van der Waals surface area (Å²) >= 11 is 6.18. The molecule has 2 aromatic rings. The van der Waals surface area contributed by atoms with E-state index in [0.29, 0.717) is 5.75 Å². The smallest absolute Gasteiger partial charge is 0.255 e. The summed E-state index contributed by atoms with van der Waals surface area (Å²) in [5.41, 5.74) is 6.19. The van der Waals surface area contributed by atoms with Crippen LogP contribution in [0.15, 0.2) is 36.4 Å². The van der Waals surface area contributed by atoms with Gasteiger partial charge in [-0.25, -0.2) is 0 Å². The molecule has 0 aliphatic heterocycles. The Labute approximate surface area is 162 Å². The number of carbonyl (C=O) groups excluding carboxylic acids is 2. The van der Waals surface area contributed by atoms with Crippen LogP contribution in [0.4, 0.5) is 0 Å². The summed E-state index contributed by atoms with van der Waals surface area (Å²) in [6.45, 7) is 1.49. The van der Waals surface area contributed by atoms with Crippen LogP contribution >= 0.6 is 11.6 Å². The number of primary amides is 1. The van der Waals surface area contributed by atoms with Crippen LogP contribution in [0.1, 0.15) is 28.9 Å². The van der Waals surface area contributed by atoms with Gasteiger partial charge in [0.05, 0.1) is 25.3 Å². The first-order chi connectivity index (χ1) is 12.9. The molecule has 0 bridgehead atoms. The molecule has 2 amide bonds. The van der Waals surface area contributed by atoms with Crippen molar-refractivity contribution in [3.63, 3.8) is 0 Å². The van der Waals surface area contributed by atoms with E-state index in [1.807, 2.05) is 31.2 Å². The van der Waals surface area contributed by atoms with Crippen LogP contribution < -0.4 is 25.3 Å². The fraction of sp³-hybridized carbons (Fsp3) is 0.263. The van der Waals surface area contributed by atoms with E-state index in [1.54, 1.807) is 7.11 Å². The summed E-state index contributed by atoms with van der Waals surface area (Å²) in [4.78, 5) is 23.6. The van der Waals surface area contributed by atoms with Crippen LogP contribution in [0.25, 0.3) is 0 Å². The Kier molecular flexibility index (Phi) is 6.90. The lowest BCUT2D eigenvalue weighted by atomic mass is 10.1. The van der Waals surface area contributed by atoms with E-state index in [0.717, 1.165) is 5.56 Å². The van der Waals surface area contributed by atoms with Crippen LogP contribution in [-0.2, 0) is 4.79 Å². The molecule has 3 N–H and O–H groups in total. The summed E-state index contributed by atoms with van der Waals surface area (Å²) in [5, 5.41) is 3.02. The van der Waals surface area contributed by atoms with Crippen LogP contribution in [0, 0.1) is 0 Å². The number of hydrogen-bond acceptors (Lipinski definition) is 5. The minimum atomic E-state index is -0.652. The maximum atomic E-state index is 12.6. The standard InChI is InChI=1S/C19H21ClN2O5/c1-11(13-6-4-5-7-15(13)25-2)22-19(24)12-8-14(20)18(16(9-12)26-3)27-10-17(21)23/h4-9,11H,10H2,1-3H3,(H2,21,23)(H,22,24). The van der Waals surface area contributed by atoms with Gasteiger partial charge in [-0.05, 0) is 25.1 Å². The Morgan fingerprint density at radius 2 is 1.81 bits per heavy atom. The highest BCUT2D eigenvalue weighted by Crippen LogP contribution is 2.36. The molecule has 0 fully saturated rings. The SMILES string of the molecule is COc1ccccc1C(C)NC(=O)c1cc(Cl)c(OCC(N)=O)c(OC)c1. The molecule has 8 heteroatoms. The Morgan fingerprint density at radius 1 is 1.15 bits per heavy atom. The third-order valence-electron chi connectivity index (χ3n) is 3.80. The molecular weight excluding hydrogens is 372 g/mol. The Morgan fingerprint density at radius 3 is 2.44 bits per heavy atom. The van der Waals surface area contributed by atoms with Gasteiger partial charge in [0.1, 0.15) is 5.75 Å². The largest absolute Gasteiger partial charge is 0.496 e. The molecular formula is C19H21ClN2O5. The Balaban J connectivity index is 2.23. The zero-order valence-corrected chi connectivity index (χ0v) is 16.0. The van der Waals surface area contributed by atoms with E-state index in [-0.39, 0.29) is 40.6 Å². The lowest BCUT2D eigenvalue weighted by Crippen LogP contribution is -2.27. The second-order valence-electron chi connectivity index (χ2n) is 5.68. The van der Waals surface area contributed by atoms with Gasteiger partial charge in [0.15, 0.2) is 18.1 Å². The zero-order chi connectivity index (χ0) is 20.0. The van der Waals surface area contributed by atoms with E-state index in [1.165, 1.54) is 19.2 Å². The van der Waals surface area contributed by atoms with Crippen molar-refractivity contribution in [2.45, 2.75) is 13.0 Å². The third-order valence-corrected chi connectivity index (χ3v) is 4.08. The summed E-state index contributed by atoms with van der Waals surface area (Å²) in [7, 11) is 2.98. The molecule has 7 nitrogen and oxygen atoms in total. The Bertz CT molecular complexity index is 841. The highest BCUT2D eigenvalue weighted by atomic mass is 35.5. The normalized spacial score (nSPS) is 11.4. The first kappa shape index (κ1) is 20.4. The first-order valence-corrected chi connectivity index (χ1v) is 8.47. The van der Waals surface area contributed by atoms with Crippen LogP contribution in [0.5, 0.6) is 17.2 Å². The van der Waals surface area contributed by atoms with Gasteiger partial charge in [0.2, 0.25) is 0 Å². The van der Waals surface area contributed by atoms with Crippen molar-refractivity contribution < 1.29 is 23.8 Å². The molecule has 0 aromatic heterocycles. The number of methoxy groups -OCH3 is 2. The molecule has 0 saturated carbocycles. The lowest BCUT2D eigenvalue weighted by Gasteiger charge is -2.18. The fourth-order valence-electron chi connectivity index (χ4n) is 2.52. The molecule has 0 heterocycles. The number of nitrogens with two attached hydrogens (primary N) is 1. The fourth-order valence-corrected chi connectivity index (χ4v) is 2.78. The van der Waals surface area contributed by atoms with Gasteiger partial charge < -0.3 is 25.3 Å². The molecule has 1 unspecified atom stereocenters. The maximum Gasteiger partial charge on any atom is 0.255 e. The van der Waals surface area contributed by atoms with E-state index in [9.17, 15) is 9.59 Å². The summed E-state index contributed by atoms with van der Waals surface area (Å²) in [6.07, 6.45) is 0. The second kappa shape index (κ2) is 9.14. The number of amides is 2. The summed E-state index contributed by atoms with van der Waals surface area (Å²) in [5.74, 6) is 0.0397. The van der Waals surface area contributed by atoms with Crippen molar-refractivity contribution in [2.75, 3.05) is 20.8 Å². The minimum absolute atomic E-state index is 0.130. The predicted molar refractivity (Wildman–Crippen MR) is 102 cm³/mol. The number of halogens is 1. The van der Waals surface area contributed by atoms with Crippen LogP contribution in [-0.4, -0.2) is 32.6 Å². The zero-order valence-electron chi connectivity index (χ0n) is 15.2. The van der Waals surface area contributed by atoms with E-state index >= 15 is 0 Å². The molecule has 2 rings (SSSR count). The molecule has 144 valence electrons. The monoisotopic (exact) mass is 392 g/mol. The third kappa shape index (κ3) is 5.04. The molecule has 1 atom stereocenters. The summed E-state index contributed by atoms with van der Waals surface area (Å²) in [6, 6.07) is 10.0. The van der Waals surface area contributed by atoms with Crippen molar-refractivity contribution >= 4 is 23.4 Å². The van der Waals surface area contributed by atoms with Gasteiger partial charge >= 0.3 is 0 Å². The lowest BCUT2D eigenvalue weighted by molar-refractivity contribution is -0.119. The molecule has 2 aromatic carbocycles. The molecule has 27 heavy (non-hydrogen) atoms. The Hall–Kier alpha value is -2.93. The quantitative estimate of drug-likeness (QED) is 0.719. The van der Waals surface area contributed by atoms with Gasteiger partial charge in [-0.2, -0.15) is 0 Å². The first-order valence-electron chi connectivity index (χ1n) is 8.09. The van der Waals surface area contributed by atoms with E-state index < -0.39 is 5.91 Å². The minimum Gasteiger partial charge on any atom is -0.496 e. The van der Waals surface area contributed by atoms with Gasteiger partial charge in [-0.1, -0.05) is 29.8 Å². The summed E-state index contributed by atoms with van der Waals surface area (Å²) < 4.78 is 15.8.